The number of nitriles is 1. The highest BCUT2D eigenvalue weighted by atomic mass is 35.5. The molecule has 4 nitrogen and oxygen atoms in total. The second kappa shape index (κ2) is 10.6. The molecule has 0 heterocycles. The van der Waals surface area contributed by atoms with Gasteiger partial charge in [0, 0.05) is 18.0 Å². The van der Waals surface area contributed by atoms with Gasteiger partial charge in [0.1, 0.15) is 0 Å². The van der Waals surface area contributed by atoms with Crippen molar-refractivity contribution in [2.75, 3.05) is 20.3 Å². The summed E-state index contributed by atoms with van der Waals surface area (Å²) in [6.07, 6.45) is 2.08. The summed E-state index contributed by atoms with van der Waals surface area (Å²) < 4.78 is 11.1. The average Bonchev–Trinajstić information content (AvgIpc) is 2.64. The van der Waals surface area contributed by atoms with Gasteiger partial charge < -0.3 is 14.8 Å². The van der Waals surface area contributed by atoms with Gasteiger partial charge in [-0.15, -0.1) is 0 Å². The van der Waals surface area contributed by atoms with E-state index >= 15 is 0 Å². The highest BCUT2D eigenvalue weighted by Gasteiger charge is 2.06. The first-order valence-electron chi connectivity index (χ1n) is 8.35. The van der Waals surface area contributed by atoms with Crippen LogP contribution < -0.4 is 14.8 Å². The zero-order valence-electron chi connectivity index (χ0n) is 14.4. The van der Waals surface area contributed by atoms with Gasteiger partial charge in [0.05, 0.1) is 19.8 Å². The van der Waals surface area contributed by atoms with Crippen LogP contribution in [-0.4, -0.2) is 20.3 Å². The Kier molecular flexibility index (Phi) is 8.11. The number of benzene rings is 2. The molecule has 0 saturated carbocycles. The monoisotopic (exact) mass is 358 g/mol. The van der Waals surface area contributed by atoms with Crippen LogP contribution in [0.25, 0.3) is 0 Å². The van der Waals surface area contributed by atoms with Gasteiger partial charge in [-0.1, -0.05) is 35.9 Å². The molecule has 0 aliphatic heterocycles. The Labute approximate surface area is 154 Å². The molecule has 0 atom stereocenters. The van der Waals surface area contributed by atoms with E-state index in [1.807, 2.05) is 42.5 Å². The Hall–Kier alpha value is -2.22. The highest BCUT2D eigenvalue weighted by Crippen LogP contribution is 2.28. The lowest BCUT2D eigenvalue weighted by molar-refractivity contribution is 0.290. The number of methoxy groups -OCH3 is 1. The first-order chi connectivity index (χ1) is 12.2. The molecule has 0 bridgehead atoms. The van der Waals surface area contributed by atoms with E-state index in [-0.39, 0.29) is 0 Å². The second-order valence-corrected chi connectivity index (χ2v) is 6.02. The van der Waals surface area contributed by atoms with Crippen molar-refractivity contribution in [3.05, 3.63) is 58.6 Å². The Morgan fingerprint density at radius 2 is 2.00 bits per heavy atom. The first kappa shape index (κ1) is 19.1. The molecule has 2 aromatic rings. The lowest BCUT2D eigenvalue weighted by Crippen LogP contribution is -2.17. The van der Waals surface area contributed by atoms with Gasteiger partial charge in [-0.25, -0.2) is 0 Å². The fourth-order valence-corrected chi connectivity index (χ4v) is 2.66. The third kappa shape index (κ3) is 6.30. The number of hydrogen-bond acceptors (Lipinski definition) is 4. The van der Waals surface area contributed by atoms with E-state index in [1.165, 1.54) is 0 Å². The number of unbranched alkanes of at least 4 members (excludes halogenated alkanes) is 1. The van der Waals surface area contributed by atoms with E-state index in [2.05, 4.69) is 11.4 Å². The average molecular weight is 359 g/mol. The molecule has 1 N–H and O–H groups in total. The van der Waals surface area contributed by atoms with Crippen LogP contribution >= 0.6 is 11.6 Å². The van der Waals surface area contributed by atoms with Crippen molar-refractivity contribution >= 4 is 11.6 Å². The summed E-state index contributed by atoms with van der Waals surface area (Å²) in [7, 11) is 1.62. The summed E-state index contributed by atoms with van der Waals surface area (Å²) in [4.78, 5) is 0. The van der Waals surface area contributed by atoms with Crippen molar-refractivity contribution in [2.45, 2.75) is 25.8 Å². The minimum absolute atomic E-state index is 0.492. The lowest BCUT2D eigenvalue weighted by atomic mass is 10.1. The van der Waals surface area contributed by atoms with Crippen LogP contribution in [0.3, 0.4) is 0 Å². The minimum Gasteiger partial charge on any atom is -0.493 e. The van der Waals surface area contributed by atoms with E-state index in [0.29, 0.717) is 30.9 Å². The van der Waals surface area contributed by atoms with E-state index in [0.717, 1.165) is 35.7 Å². The van der Waals surface area contributed by atoms with Gasteiger partial charge in [0.2, 0.25) is 0 Å². The van der Waals surface area contributed by atoms with Crippen LogP contribution in [-0.2, 0) is 13.0 Å². The maximum Gasteiger partial charge on any atom is 0.161 e. The van der Waals surface area contributed by atoms with Crippen LogP contribution in [0.2, 0.25) is 5.02 Å². The summed E-state index contributed by atoms with van der Waals surface area (Å²) >= 11 is 6.17. The zero-order chi connectivity index (χ0) is 17.9. The Balaban J connectivity index is 1.84. The van der Waals surface area contributed by atoms with Crippen LogP contribution in [0.5, 0.6) is 11.5 Å². The first-order valence-corrected chi connectivity index (χ1v) is 8.73. The molecule has 0 aliphatic carbocycles. The number of nitrogens with zero attached hydrogens (tertiary/aromatic N) is 1. The number of halogens is 1. The number of hydrogen-bond donors (Lipinski definition) is 1. The summed E-state index contributed by atoms with van der Waals surface area (Å²) in [6.45, 7) is 2.09. The minimum atomic E-state index is 0.492. The van der Waals surface area contributed by atoms with E-state index in [1.54, 1.807) is 7.11 Å². The lowest BCUT2D eigenvalue weighted by Gasteiger charge is -2.12. The Morgan fingerprint density at radius 3 is 2.76 bits per heavy atom. The molecule has 0 unspecified atom stereocenters. The normalized spacial score (nSPS) is 10.3. The quantitative estimate of drug-likeness (QED) is 0.641. The molecule has 2 rings (SSSR count). The topological polar surface area (TPSA) is 54.3 Å². The maximum absolute atomic E-state index is 8.58. The van der Waals surface area contributed by atoms with Crippen LogP contribution in [0, 0.1) is 11.3 Å². The van der Waals surface area contributed by atoms with Crippen molar-refractivity contribution in [1.29, 1.82) is 5.26 Å². The van der Waals surface area contributed by atoms with Crippen LogP contribution in [0.1, 0.15) is 24.0 Å². The molecule has 0 radical (unpaired) electrons. The molecule has 0 spiro atoms. The van der Waals surface area contributed by atoms with E-state index in [4.69, 9.17) is 26.3 Å². The molecule has 2 aromatic carbocycles. The predicted octanol–water partition coefficient (Wildman–Crippen LogP) is 4.36. The number of nitrogens with one attached hydrogen (secondary N) is 1. The molecule has 0 aromatic heterocycles. The van der Waals surface area contributed by atoms with E-state index in [9.17, 15) is 0 Å². The van der Waals surface area contributed by atoms with E-state index < -0.39 is 0 Å². The molecule has 0 amide bonds. The van der Waals surface area contributed by atoms with Crippen molar-refractivity contribution in [2.24, 2.45) is 0 Å². The largest absolute Gasteiger partial charge is 0.493 e. The molecular weight excluding hydrogens is 336 g/mol. The predicted molar refractivity (Wildman–Crippen MR) is 100 cm³/mol. The van der Waals surface area contributed by atoms with Gasteiger partial charge in [0.25, 0.3) is 0 Å². The van der Waals surface area contributed by atoms with Crippen molar-refractivity contribution in [1.82, 2.24) is 5.32 Å². The molecule has 132 valence electrons. The van der Waals surface area contributed by atoms with Crippen LogP contribution in [0.4, 0.5) is 0 Å². The van der Waals surface area contributed by atoms with Gasteiger partial charge in [-0.3, -0.25) is 0 Å². The van der Waals surface area contributed by atoms with Gasteiger partial charge in [-0.2, -0.15) is 5.26 Å². The third-order valence-corrected chi connectivity index (χ3v) is 4.15. The fraction of sp³-hybridized carbons (Fsp3) is 0.350. The molecule has 25 heavy (non-hydrogen) atoms. The standard InChI is InChI=1S/C20H23ClN2O2/c1-24-19-9-8-16(14-20(19)25-13-5-4-11-22)15-23-12-10-17-6-2-3-7-18(17)21/h2-3,6-9,14,23H,4-5,10,12-13,15H2,1H3. The highest BCUT2D eigenvalue weighted by molar-refractivity contribution is 6.31. The smallest absolute Gasteiger partial charge is 0.161 e. The SMILES string of the molecule is COc1ccc(CNCCc2ccccc2Cl)cc1OCCCC#N. The summed E-state index contributed by atoms with van der Waals surface area (Å²) in [5.41, 5.74) is 2.27. The van der Waals surface area contributed by atoms with Crippen molar-refractivity contribution in [3.63, 3.8) is 0 Å². The maximum atomic E-state index is 8.58. The molecule has 0 saturated heterocycles. The number of ether oxygens (including phenoxy) is 2. The van der Waals surface area contributed by atoms with Crippen LogP contribution in [0.15, 0.2) is 42.5 Å². The molecular formula is C20H23ClN2O2. The number of rotatable bonds is 10. The second-order valence-electron chi connectivity index (χ2n) is 5.61. The molecule has 0 aliphatic rings. The molecule has 5 heteroatoms. The summed E-state index contributed by atoms with van der Waals surface area (Å²) in [5, 5.41) is 12.8. The Morgan fingerprint density at radius 1 is 1.16 bits per heavy atom. The van der Waals surface area contributed by atoms with Crippen molar-refractivity contribution < 1.29 is 9.47 Å². The van der Waals surface area contributed by atoms with Gasteiger partial charge in [0.15, 0.2) is 11.5 Å². The zero-order valence-corrected chi connectivity index (χ0v) is 15.2. The summed E-state index contributed by atoms with van der Waals surface area (Å²) in [5.74, 6) is 1.42. The van der Waals surface area contributed by atoms with Gasteiger partial charge in [-0.05, 0) is 48.7 Å². The Bertz CT molecular complexity index is 713. The summed E-state index contributed by atoms with van der Waals surface area (Å²) in [6, 6.07) is 15.9. The van der Waals surface area contributed by atoms with Crippen molar-refractivity contribution in [3.8, 4) is 17.6 Å². The molecule has 0 fully saturated rings. The fourth-order valence-electron chi connectivity index (χ4n) is 2.43. The van der Waals surface area contributed by atoms with Gasteiger partial charge >= 0.3 is 0 Å². The third-order valence-electron chi connectivity index (χ3n) is 3.78.